The van der Waals surface area contributed by atoms with Crippen LogP contribution in [0.15, 0.2) is 0 Å². The molecule has 0 saturated heterocycles. The van der Waals surface area contributed by atoms with Crippen LogP contribution in [0.1, 0.15) is 39.0 Å². The van der Waals surface area contributed by atoms with Crippen LogP contribution in [0.2, 0.25) is 0 Å². The third-order valence-corrected chi connectivity index (χ3v) is 1.42. The Bertz CT molecular complexity index is 194. The van der Waals surface area contributed by atoms with Crippen LogP contribution in [0.25, 0.3) is 0 Å². The van der Waals surface area contributed by atoms with E-state index in [9.17, 15) is 0 Å². The van der Waals surface area contributed by atoms with Crippen LogP contribution in [-0.4, -0.2) is 11.2 Å². The Morgan fingerprint density at radius 2 is 2.17 bits per heavy atom. The van der Waals surface area contributed by atoms with E-state index in [-0.39, 0.29) is 0 Å². The second-order valence-corrected chi connectivity index (χ2v) is 2.64. The minimum absolute atomic E-state index is 0.475. The maximum Gasteiger partial charge on any atom is 0.114 e. The molecule has 0 fully saturated rings. The van der Waals surface area contributed by atoms with E-state index in [0.29, 0.717) is 12.8 Å². The molecule has 0 aromatic carbocycles. The van der Waals surface area contributed by atoms with E-state index in [0.717, 1.165) is 19.3 Å². The molecular formula is C10H15NO. The van der Waals surface area contributed by atoms with Crippen LogP contribution in [-0.2, 0) is 0 Å². The van der Waals surface area contributed by atoms with Crippen molar-refractivity contribution < 1.29 is 5.11 Å². The first kappa shape index (κ1) is 11.0. The summed E-state index contributed by atoms with van der Waals surface area (Å²) in [6, 6.07) is 2.05. The Morgan fingerprint density at radius 1 is 1.42 bits per heavy atom. The van der Waals surface area contributed by atoms with Gasteiger partial charge in [0.25, 0.3) is 0 Å². The number of hydrogen-bond donors (Lipinski definition) is 1. The number of unbranched alkanes of at least 4 members (excludes halogenated alkanes) is 2. The first-order valence-corrected chi connectivity index (χ1v) is 4.34. The van der Waals surface area contributed by atoms with Crippen LogP contribution in [0.3, 0.4) is 0 Å². The van der Waals surface area contributed by atoms with E-state index >= 15 is 0 Å². The zero-order valence-electron chi connectivity index (χ0n) is 7.51. The van der Waals surface area contributed by atoms with Gasteiger partial charge in [-0.2, -0.15) is 5.26 Å². The lowest BCUT2D eigenvalue weighted by atomic mass is 10.2. The molecule has 66 valence electrons. The first-order valence-electron chi connectivity index (χ1n) is 4.34. The molecule has 2 heteroatoms. The van der Waals surface area contributed by atoms with Crippen LogP contribution >= 0.6 is 0 Å². The van der Waals surface area contributed by atoms with E-state index in [1.807, 2.05) is 6.92 Å². The van der Waals surface area contributed by atoms with Crippen molar-refractivity contribution >= 4 is 0 Å². The van der Waals surface area contributed by atoms with E-state index in [1.54, 1.807) is 0 Å². The zero-order valence-corrected chi connectivity index (χ0v) is 7.51. The van der Waals surface area contributed by atoms with E-state index in [4.69, 9.17) is 10.4 Å². The van der Waals surface area contributed by atoms with Gasteiger partial charge < -0.3 is 5.11 Å². The Hall–Kier alpha value is -0.990. The highest BCUT2D eigenvalue weighted by Gasteiger charge is 1.93. The summed E-state index contributed by atoms with van der Waals surface area (Å²) < 4.78 is 0. The molecule has 0 amide bonds. The molecule has 0 radical (unpaired) electrons. The molecule has 2 nitrogen and oxygen atoms in total. The Kier molecular flexibility index (Phi) is 7.44. The summed E-state index contributed by atoms with van der Waals surface area (Å²) >= 11 is 0. The zero-order chi connectivity index (χ0) is 9.23. The molecule has 1 atom stereocenters. The number of rotatable bonds is 4. The fourth-order valence-corrected chi connectivity index (χ4v) is 0.791. The van der Waals surface area contributed by atoms with Crippen LogP contribution in [0.4, 0.5) is 0 Å². The largest absolute Gasteiger partial charge is 0.380 e. The highest BCUT2D eigenvalue weighted by Crippen LogP contribution is 1.95. The molecule has 0 bridgehead atoms. The third kappa shape index (κ3) is 7.12. The van der Waals surface area contributed by atoms with Gasteiger partial charge in [-0.05, 0) is 12.8 Å². The Labute approximate surface area is 74.2 Å². The summed E-state index contributed by atoms with van der Waals surface area (Å²) in [7, 11) is 0. The summed E-state index contributed by atoms with van der Waals surface area (Å²) in [5.41, 5.74) is 0. The highest BCUT2D eigenvalue weighted by atomic mass is 16.3. The van der Waals surface area contributed by atoms with Crippen molar-refractivity contribution in [2.75, 3.05) is 0 Å². The van der Waals surface area contributed by atoms with Gasteiger partial charge in [-0.25, -0.2) is 0 Å². The van der Waals surface area contributed by atoms with Crippen LogP contribution < -0.4 is 0 Å². The molecule has 0 spiro atoms. The summed E-state index contributed by atoms with van der Waals surface area (Å²) in [6.45, 7) is 2.01. The van der Waals surface area contributed by atoms with Gasteiger partial charge >= 0.3 is 0 Å². The number of nitrogens with zero attached hydrogens (tertiary/aromatic N) is 1. The molecule has 0 aliphatic carbocycles. The van der Waals surface area contributed by atoms with Crippen molar-refractivity contribution in [2.24, 2.45) is 0 Å². The van der Waals surface area contributed by atoms with Gasteiger partial charge in [0.05, 0.1) is 6.07 Å². The number of aliphatic hydroxyl groups is 1. The van der Waals surface area contributed by atoms with Gasteiger partial charge in [0.15, 0.2) is 0 Å². The lowest BCUT2D eigenvalue weighted by molar-refractivity contribution is 0.221. The maximum absolute atomic E-state index is 9.17. The molecule has 1 unspecified atom stereocenters. The first-order chi connectivity index (χ1) is 5.81. The van der Waals surface area contributed by atoms with Crippen molar-refractivity contribution in [3.05, 3.63) is 0 Å². The second kappa shape index (κ2) is 8.11. The van der Waals surface area contributed by atoms with Crippen molar-refractivity contribution in [3.63, 3.8) is 0 Å². The quantitative estimate of drug-likeness (QED) is 0.510. The van der Waals surface area contributed by atoms with Crippen molar-refractivity contribution in [3.8, 4) is 17.9 Å². The molecule has 0 rings (SSSR count). The van der Waals surface area contributed by atoms with Crippen LogP contribution in [0.5, 0.6) is 0 Å². The Morgan fingerprint density at radius 3 is 2.75 bits per heavy atom. The predicted octanol–water partition coefficient (Wildman–Crippen LogP) is 1.84. The average molecular weight is 165 g/mol. The number of nitriles is 1. The molecule has 12 heavy (non-hydrogen) atoms. The number of hydrogen-bond acceptors (Lipinski definition) is 2. The van der Waals surface area contributed by atoms with Crippen molar-refractivity contribution in [1.29, 1.82) is 5.26 Å². The van der Waals surface area contributed by atoms with E-state index in [2.05, 4.69) is 17.9 Å². The standard InChI is InChI=1S/C10H15NO/c1-2-7-10(12)8-5-3-4-6-9-11/h10,12H,2-4,6-7H2,1H3. The third-order valence-electron chi connectivity index (χ3n) is 1.42. The summed E-state index contributed by atoms with van der Waals surface area (Å²) in [5.74, 6) is 5.59. The molecule has 0 aliphatic rings. The van der Waals surface area contributed by atoms with Gasteiger partial charge in [-0.1, -0.05) is 19.3 Å². The summed E-state index contributed by atoms with van der Waals surface area (Å²) in [6.07, 6.45) is 3.30. The van der Waals surface area contributed by atoms with Gasteiger partial charge in [0, 0.05) is 12.8 Å². The minimum atomic E-state index is -0.475. The van der Waals surface area contributed by atoms with Crippen LogP contribution in [0, 0.1) is 23.2 Å². The molecular weight excluding hydrogens is 150 g/mol. The van der Waals surface area contributed by atoms with Gasteiger partial charge in [-0.15, -0.1) is 5.92 Å². The fraction of sp³-hybridized carbons (Fsp3) is 0.700. The van der Waals surface area contributed by atoms with Gasteiger partial charge in [0.1, 0.15) is 6.10 Å². The average Bonchev–Trinajstić information content (AvgIpc) is 2.05. The fourth-order valence-electron chi connectivity index (χ4n) is 0.791. The minimum Gasteiger partial charge on any atom is -0.380 e. The predicted molar refractivity (Wildman–Crippen MR) is 48.2 cm³/mol. The van der Waals surface area contributed by atoms with Crippen molar-refractivity contribution in [1.82, 2.24) is 0 Å². The molecule has 0 aromatic heterocycles. The Balaban J connectivity index is 3.39. The monoisotopic (exact) mass is 165 g/mol. The molecule has 0 aliphatic heterocycles. The lowest BCUT2D eigenvalue weighted by Crippen LogP contribution is -2.00. The lowest BCUT2D eigenvalue weighted by Gasteiger charge is -1.97. The molecule has 1 N–H and O–H groups in total. The normalized spacial score (nSPS) is 11.1. The van der Waals surface area contributed by atoms with Gasteiger partial charge in [-0.3, -0.25) is 0 Å². The van der Waals surface area contributed by atoms with Crippen molar-refractivity contribution in [2.45, 2.75) is 45.1 Å². The van der Waals surface area contributed by atoms with Gasteiger partial charge in [0.2, 0.25) is 0 Å². The summed E-state index contributed by atoms with van der Waals surface area (Å²) in [4.78, 5) is 0. The molecule has 0 saturated carbocycles. The SMILES string of the molecule is CCCC(O)C#CCCCC#N. The highest BCUT2D eigenvalue weighted by molar-refractivity contribution is 5.04. The molecule has 0 aromatic rings. The summed E-state index contributed by atoms with van der Waals surface area (Å²) in [5, 5.41) is 17.4. The van der Waals surface area contributed by atoms with E-state index in [1.165, 1.54) is 0 Å². The number of aliphatic hydroxyl groups excluding tert-OH is 1. The second-order valence-electron chi connectivity index (χ2n) is 2.64. The molecule has 0 heterocycles. The topological polar surface area (TPSA) is 44.0 Å². The maximum atomic E-state index is 9.17. The van der Waals surface area contributed by atoms with E-state index < -0.39 is 6.10 Å². The smallest absolute Gasteiger partial charge is 0.114 e.